The highest BCUT2D eigenvalue weighted by Crippen LogP contribution is 2.28. The van der Waals surface area contributed by atoms with Crippen LogP contribution in [0.25, 0.3) is 21.9 Å². The van der Waals surface area contributed by atoms with Crippen molar-refractivity contribution in [2.24, 2.45) is 0 Å². The molecule has 0 heterocycles. The van der Waals surface area contributed by atoms with Gasteiger partial charge in [-0.15, -0.1) is 13.2 Å². The van der Waals surface area contributed by atoms with Crippen LogP contribution in [-0.2, 0) is 11.2 Å². The Balaban J connectivity index is 2.00. The highest BCUT2D eigenvalue weighted by atomic mass is 19.4. The molecule has 1 nitrogen and oxygen atoms in total. The number of ether oxygens (including phenoxy) is 1. The Bertz CT molecular complexity index is 1010. The van der Waals surface area contributed by atoms with Crippen LogP contribution >= 0.6 is 0 Å². The summed E-state index contributed by atoms with van der Waals surface area (Å²) in [6.45, 7) is 1.95. The first-order chi connectivity index (χ1) is 12.4. The van der Waals surface area contributed by atoms with Gasteiger partial charge in [-0.2, -0.15) is 0 Å². The summed E-state index contributed by atoms with van der Waals surface area (Å²) in [4.78, 5) is 0. The van der Waals surface area contributed by atoms with Gasteiger partial charge in [0.15, 0.2) is 0 Å². The topological polar surface area (TPSA) is 9.23 Å². The van der Waals surface area contributed by atoms with Gasteiger partial charge in [-0.25, -0.2) is 4.39 Å². The van der Waals surface area contributed by atoms with E-state index in [0.717, 1.165) is 17.4 Å². The number of halogens is 4. The van der Waals surface area contributed by atoms with Gasteiger partial charge in [-0.3, -0.25) is 0 Å². The van der Waals surface area contributed by atoms with E-state index in [0.29, 0.717) is 22.1 Å². The van der Waals surface area contributed by atoms with Crippen LogP contribution in [0.3, 0.4) is 0 Å². The lowest BCUT2D eigenvalue weighted by atomic mass is 9.97. The molecule has 0 atom stereocenters. The van der Waals surface area contributed by atoms with E-state index in [2.05, 4.69) is 10.7 Å². The van der Waals surface area contributed by atoms with Gasteiger partial charge in [0.1, 0.15) is 11.9 Å². The van der Waals surface area contributed by atoms with E-state index < -0.39 is 6.36 Å². The summed E-state index contributed by atoms with van der Waals surface area (Å²) in [5, 5.41) is 1.42. The van der Waals surface area contributed by atoms with Crippen LogP contribution < -0.4 is 0 Å². The predicted octanol–water partition coefficient (Wildman–Crippen LogP) is 6.05. The Hall–Kier alpha value is -3.00. The quantitative estimate of drug-likeness (QED) is 0.400. The van der Waals surface area contributed by atoms with Crippen LogP contribution in [0.5, 0.6) is 0 Å². The Labute approximate surface area is 148 Å². The molecular formula is C21H14F4O. The standard InChI is InChI=1S/C21H14F4O/c1-2-14-6-8-19(20(22)12-14)17-7-9-18-15(4-3-5-16(18)13-17)10-11-26-21(23,24)25/h3-9,12-13H,2H2,1H3. The smallest absolute Gasteiger partial charge is 0.352 e. The Morgan fingerprint density at radius 2 is 1.81 bits per heavy atom. The second kappa shape index (κ2) is 7.09. The zero-order valence-electron chi connectivity index (χ0n) is 13.8. The first kappa shape index (κ1) is 17.8. The third-order valence-corrected chi connectivity index (χ3v) is 3.99. The fraction of sp³-hybridized carbons (Fsp3) is 0.143. The summed E-state index contributed by atoms with van der Waals surface area (Å²) in [7, 11) is 0. The number of hydrogen-bond donors (Lipinski definition) is 0. The van der Waals surface area contributed by atoms with Gasteiger partial charge >= 0.3 is 6.36 Å². The average Bonchev–Trinajstić information content (AvgIpc) is 2.60. The zero-order valence-corrected chi connectivity index (χ0v) is 13.8. The molecular weight excluding hydrogens is 344 g/mol. The first-order valence-corrected chi connectivity index (χ1v) is 7.94. The number of fused-ring (bicyclic) bond motifs is 1. The van der Waals surface area contributed by atoms with Crippen LogP contribution in [-0.4, -0.2) is 6.36 Å². The molecule has 26 heavy (non-hydrogen) atoms. The van der Waals surface area contributed by atoms with Crippen molar-refractivity contribution >= 4 is 10.8 Å². The van der Waals surface area contributed by atoms with Crippen molar-refractivity contribution in [3.63, 3.8) is 0 Å². The van der Waals surface area contributed by atoms with Crippen LogP contribution in [0.15, 0.2) is 54.6 Å². The van der Waals surface area contributed by atoms with Crippen molar-refractivity contribution < 1.29 is 22.3 Å². The highest BCUT2D eigenvalue weighted by molar-refractivity contribution is 5.91. The van der Waals surface area contributed by atoms with Crippen molar-refractivity contribution in [1.82, 2.24) is 0 Å². The van der Waals surface area contributed by atoms with Gasteiger partial charge in [-0.1, -0.05) is 43.3 Å². The van der Waals surface area contributed by atoms with E-state index in [1.807, 2.05) is 13.0 Å². The maximum Gasteiger partial charge on any atom is 0.581 e. The van der Waals surface area contributed by atoms with Gasteiger partial charge in [-0.05, 0) is 52.4 Å². The number of hydrogen-bond acceptors (Lipinski definition) is 1. The summed E-state index contributed by atoms with van der Waals surface area (Å²) in [5.41, 5.74) is 2.48. The van der Waals surface area contributed by atoms with E-state index >= 15 is 0 Å². The van der Waals surface area contributed by atoms with Crippen LogP contribution in [0.4, 0.5) is 17.6 Å². The molecule has 0 bridgehead atoms. The molecule has 0 saturated carbocycles. The van der Waals surface area contributed by atoms with E-state index in [-0.39, 0.29) is 5.82 Å². The fourth-order valence-corrected chi connectivity index (χ4v) is 2.71. The summed E-state index contributed by atoms with van der Waals surface area (Å²) < 4.78 is 54.0. The minimum Gasteiger partial charge on any atom is -0.352 e. The minimum absolute atomic E-state index is 0.307. The molecule has 3 rings (SSSR count). The zero-order chi connectivity index (χ0) is 18.7. The molecule has 0 aliphatic rings. The maximum atomic E-state index is 14.3. The lowest BCUT2D eigenvalue weighted by molar-refractivity contribution is -0.291. The average molecular weight is 358 g/mol. The van der Waals surface area contributed by atoms with Crippen molar-refractivity contribution in [2.45, 2.75) is 19.7 Å². The number of rotatable bonds is 2. The molecule has 0 unspecified atom stereocenters. The molecule has 0 aromatic heterocycles. The largest absolute Gasteiger partial charge is 0.581 e. The number of alkyl halides is 3. The first-order valence-electron chi connectivity index (χ1n) is 7.94. The van der Waals surface area contributed by atoms with Gasteiger partial charge in [0.25, 0.3) is 0 Å². The van der Waals surface area contributed by atoms with E-state index in [1.165, 1.54) is 6.07 Å². The maximum absolute atomic E-state index is 14.3. The van der Waals surface area contributed by atoms with Gasteiger partial charge in [0, 0.05) is 11.1 Å². The molecule has 0 radical (unpaired) electrons. The molecule has 132 valence electrons. The van der Waals surface area contributed by atoms with Crippen molar-refractivity contribution in [3.8, 4) is 23.2 Å². The monoisotopic (exact) mass is 358 g/mol. The van der Waals surface area contributed by atoms with Crippen LogP contribution in [0.1, 0.15) is 18.1 Å². The lowest BCUT2D eigenvalue weighted by Crippen LogP contribution is -2.08. The van der Waals surface area contributed by atoms with Gasteiger partial charge in [0.05, 0.1) is 0 Å². The molecule has 0 fully saturated rings. The fourth-order valence-electron chi connectivity index (χ4n) is 2.71. The summed E-state index contributed by atoms with van der Waals surface area (Å²) in [6.07, 6.45) is -2.38. The Morgan fingerprint density at radius 1 is 1.00 bits per heavy atom. The molecule has 0 N–H and O–H groups in total. The minimum atomic E-state index is -4.80. The molecule has 5 heteroatoms. The molecule has 3 aromatic carbocycles. The third kappa shape index (κ3) is 3.97. The second-order valence-electron chi connectivity index (χ2n) is 5.68. The SMILES string of the molecule is CCc1ccc(-c2ccc3c(C#COC(F)(F)F)cccc3c2)c(F)c1. The normalized spacial score (nSPS) is 11.1. The van der Waals surface area contributed by atoms with E-state index in [1.54, 1.807) is 48.6 Å². The van der Waals surface area contributed by atoms with E-state index in [4.69, 9.17) is 0 Å². The summed E-state index contributed by atoms with van der Waals surface area (Å²) >= 11 is 0. The summed E-state index contributed by atoms with van der Waals surface area (Å²) in [6, 6.07) is 15.4. The molecule has 3 aromatic rings. The van der Waals surface area contributed by atoms with Crippen molar-refractivity contribution in [1.29, 1.82) is 0 Å². The second-order valence-corrected chi connectivity index (χ2v) is 5.68. The molecule has 0 aliphatic carbocycles. The Morgan fingerprint density at radius 3 is 2.50 bits per heavy atom. The summed E-state index contributed by atoms with van der Waals surface area (Å²) in [5.74, 6) is 2.06. The van der Waals surface area contributed by atoms with E-state index in [9.17, 15) is 17.6 Å². The number of aryl methyl sites for hydroxylation is 1. The third-order valence-electron chi connectivity index (χ3n) is 3.99. The highest BCUT2D eigenvalue weighted by Gasteiger charge is 2.29. The predicted molar refractivity (Wildman–Crippen MR) is 92.7 cm³/mol. The lowest BCUT2D eigenvalue weighted by Gasteiger charge is -2.08. The van der Waals surface area contributed by atoms with Gasteiger partial charge < -0.3 is 4.74 Å². The van der Waals surface area contributed by atoms with Crippen LogP contribution in [0.2, 0.25) is 0 Å². The van der Waals surface area contributed by atoms with Crippen molar-refractivity contribution in [3.05, 3.63) is 71.5 Å². The Kier molecular flexibility index (Phi) is 4.85. The van der Waals surface area contributed by atoms with Gasteiger partial charge in [0.2, 0.25) is 0 Å². The van der Waals surface area contributed by atoms with Crippen LogP contribution in [0, 0.1) is 17.8 Å². The molecule has 0 amide bonds. The molecule has 0 saturated heterocycles. The molecule has 0 aliphatic heterocycles. The number of benzene rings is 3. The van der Waals surface area contributed by atoms with Crippen molar-refractivity contribution in [2.75, 3.05) is 0 Å². The molecule has 0 spiro atoms.